The monoisotopic (exact) mass is 398 g/mol. The van der Waals surface area contributed by atoms with Crippen molar-refractivity contribution in [1.29, 1.82) is 0 Å². The predicted molar refractivity (Wildman–Crippen MR) is 87.2 cm³/mol. The Morgan fingerprint density at radius 3 is 2.15 bits per heavy atom. The SMILES string of the molecule is CC(O)CC(C)OC1OC(COC2OCC(O)C(O)C2O)C(O)C(O)C1O. The quantitative estimate of drug-likeness (QED) is 0.225. The van der Waals surface area contributed by atoms with E-state index in [1.165, 1.54) is 0 Å². The van der Waals surface area contributed by atoms with Gasteiger partial charge in [0.25, 0.3) is 0 Å². The lowest BCUT2D eigenvalue weighted by Gasteiger charge is -2.42. The molecule has 2 heterocycles. The zero-order valence-corrected chi connectivity index (χ0v) is 15.2. The average Bonchev–Trinajstić information content (AvgIpc) is 2.60. The molecule has 7 N–H and O–H groups in total. The first-order chi connectivity index (χ1) is 12.6. The first kappa shape index (κ1) is 22.8. The Labute approximate surface area is 156 Å². The maximum Gasteiger partial charge on any atom is 0.186 e. The van der Waals surface area contributed by atoms with Crippen LogP contribution in [0.25, 0.3) is 0 Å². The Morgan fingerprint density at radius 1 is 0.889 bits per heavy atom. The minimum atomic E-state index is -1.57. The topological polar surface area (TPSA) is 179 Å². The number of ether oxygens (including phenoxy) is 4. The number of aliphatic hydroxyl groups excluding tert-OH is 7. The Bertz CT molecular complexity index is 450. The molecule has 0 aromatic carbocycles. The normalized spacial score (nSPS) is 45.4. The van der Waals surface area contributed by atoms with Crippen LogP contribution in [0.4, 0.5) is 0 Å². The van der Waals surface area contributed by atoms with Gasteiger partial charge in [-0.15, -0.1) is 0 Å². The fraction of sp³-hybridized carbons (Fsp3) is 1.00. The molecule has 2 saturated heterocycles. The van der Waals surface area contributed by atoms with Crippen molar-refractivity contribution in [3.05, 3.63) is 0 Å². The van der Waals surface area contributed by atoms with Crippen LogP contribution in [-0.2, 0) is 18.9 Å². The fourth-order valence-electron chi connectivity index (χ4n) is 3.05. The number of hydrogen-bond acceptors (Lipinski definition) is 11. The molecule has 0 saturated carbocycles. The highest BCUT2D eigenvalue weighted by molar-refractivity contribution is 4.90. The molecular weight excluding hydrogens is 368 g/mol. The van der Waals surface area contributed by atoms with Crippen molar-refractivity contribution in [1.82, 2.24) is 0 Å². The summed E-state index contributed by atoms with van der Waals surface area (Å²) in [6.07, 6.45) is -13.3. The number of rotatable bonds is 7. The predicted octanol–water partition coefficient (Wildman–Crippen LogP) is -3.57. The molecule has 2 aliphatic heterocycles. The third-order valence-corrected chi connectivity index (χ3v) is 4.59. The van der Waals surface area contributed by atoms with E-state index < -0.39 is 67.5 Å². The Kier molecular flexibility index (Phi) is 8.34. The maximum atomic E-state index is 10.1. The molecule has 2 aliphatic rings. The van der Waals surface area contributed by atoms with Crippen molar-refractivity contribution in [2.24, 2.45) is 0 Å². The van der Waals surface area contributed by atoms with Crippen molar-refractivity contribution in [3.8, 4) is 0 Å². The highest BCUT2D eigenvalue weighted by atomic mass is 16.7. The summed E-state index contributed by atoms with van der Waals surface area (Å²) in [7, 11) is 0. The van der Waals surface area contributed by atoms with Gasteiger partial charge in [-0.1, -0.05) is 0 Å². The third kappa shape index (κ3) is 5.78. The molecular formula is C16H30O11. The molecule has 0 spiro atoms. The second kappa shape index (κ2) is 9.85. The molecule has 0 amide bonds. The standard InChI is InChI=1S/C16H30O11/c1-6(17)3-7(2)26-16-14(23)12(21)11(20)9(27-16)5-25-15-13(22)10(19)8(18)4-24-15/h6-23H,3-5H2,1-2H3. The van der Waals surface area contributed by atoms with Crippen LogP contribution >= 0.6 is 0 Å². The van der Waals surface area contributed by atoms with Crippen LogP contribution in [0.5, 0.6) is 0 Å². The average molecular weight is 398 g/mol. The first-order valence-corrected chi connectivity index (χ1v) is 8.92. The van der Waals surface area contributed by atoms with Gasteiger partial charge in [-0.05, 0) is 20.3 Å². The molecule has 0 aromatic heterocycles. The minimum Gasteiger partial charge on any atom is -0.393 e. The van der Waals surface area contributed by atoms with E-state index in [9.17, 15) is 35.7 Å². The van der Waals surface area contributed by atoms with Gasteiger partial charge in [0.05, 0.1) is 25.4 Å². The van der Waals surface area contributed by atoms with Gasteiger partial charge in [-0.3, -0.25) is 0 Å². The minimum absolute atomic E-state index is 0.249. The van der Waals surface area contributed by atoms with Crippen molar-refractivity contribution < 1.29 is 54.7 Å². The molecule has 2 fully saturated rings. The van der Waals surface area contributed by atoms with Gasteiger partial charge in [-0.25, -0.2) is 0 Å². The molecule has 11 heteroatoms. The van der Waals surface area contributed by atoms with Gasteiger partial charge in [-0.2, -0.15) is 0 Å². The lowest BCUT2D eigenvalue weighted by Crippen LogP contribution is -2.60. The summed E-state index contributed by atoms with van der Waals surface area (Å²) in [6.45, 7) is 2.64. The molecule has 0 aromatic rings. The summed E-state index contributed by atoms with van der Waals surface area (Å²) in [6, 6.07) is 0. The second-order valence-electron chi connectivity index (χ2n) is 7.13. The van der Waals surface area contributed by atoms with Crippen LogP contribution in [0.3, 0.4) is 0 Å². The van der Waals surface area contributed by atoms with Crippen molar-refractivity contribution in [2.75, 3.05) is 13.2 Å². The van der Waals surface area contributed by atoms with E-state index in [1.807, 2.05) is 0 Å². The van der Waals surface area contributed by atoms with Gasteiger partial charge >= 0.3 is 0 Å². The lowest BCUT2D eigenvalue weighted by molar-refractivity contribution is -0.327. The third-order valence-electron chi connectivity index (χ3n) is 4.59. The van der Waals surface area contributed by atoms with Gasteiger partial charge in [0.15, 0.2) is 12.6 Å². The van der Waals surface area contributed by atoms with E-state index in [-0.39, 0.29) is 19.6 Å². The number of hydrogen-bond donors (Lipinski definition) is 7. The van der Waals surface area contributed by atoms with Crippen LogP contribution in [0.15, 0.2) is 0 Å². The van der Waals surface area contributed by atoms with Crippen molar-refractivity contribution in [2.45, 2.75) is 87.8 Å². The molecule has 27 heavy (non-hydrogen) atoms. The lowest BCUT2D eigenvalue weighted by atomic mass is 9.99. The van der Waals surface area contributed by atoms with Crippen molar-refractivity contribution in [3.63, 3.8) is 0 Å². The van der Waals surface area contributed by atoms with Crippen LogP contribution in [0.1, 0.15) is 20.3 Å². The highest BCUT2D eigenvalue weighted by Crippen LogP contribution is 2.25. The van der Waals surface area contributed by atoms with E-state index in [4.69, 9.17) is 18.9 Å². The maximum absolute atomic E-state index is 10.1. The van der Waals surface area contributed by atoms with Crippen LogP contribution < -0.4 is 0 Å². The molecule has 11 nitrogen and oxygen atoms in total. The Hall–Kier alpha value is -0.440. The first-order valence-electron chi connectivity index (χ1n) is 8.92. The van der Waals surface area contributed by atoms with Crippen LogP contribution in [0, 0.1) is 0 Å². The number of aliphatic hydroxyl groups is 7. The zero-order valence-electron chi connectivity index (χ0n) is 15.2. The molecule has 0 aliphatic carbocycles. The molecule has 0 bridgehead atoms. The molecule has 0 radical (unpaired) electrons. The van der Waals surface area contributed by atoms with E-state index in [1.54, 1.807) is 13.8 Å². The second-order valence-corrected chi connectivity index (χ2v) is 7.13. The fourth-order valence-corrected chi connectivity index (χ4v) is 3.05. The summed E-state index contributed by atoms with van der Waals surface area (Å²) in [5.74, 6) is 0. The van der Waals surface area contributed by atoms with Gasteiger partial charge in [0.2, 0.25) is 0 Å². The highest BCUT2D eigenvalue weighted by Gasteiger charge is 2.46. The zero-order chi connectivity index (χ0) is 20.3. The Morgan fingerprint density at radius 2 is 1.52 bits per heavy atom. The Balaban J connectivity index is 1.93. The van der Waals surface area contributed by atoms with E-state index in [2.05, 4.69) is 0 Å². The van der Waals surface area contributed by atoms with E-state index in [0.717, 1.165) is 0 Å². The summed E-state index contributed by atoms with van der Waals surface area (Å²) < 4.78 is 21.4. The summed E-state index contributed by atoms with van der Waals surface area (Å²) >= 11 is 0. The summed E-state index contributed by atoms with van der Waals surface area (Å²) in [5, 5.41) is 68.5. The molecule has 11 atom stereocenters. The van der Waals surface area contributed by atoms with Gasteiger partial charge in [0, 0.05) is 0 Å². The van der Waals surface area contributed by atoms with E-state index >= 15 is 0 Å². The van der Waals surface area contributed by atoms with E-state index in [0.29, 0.717) is 0 Å². The van der Waals surface area contributed by atoms with Gasteiger partial charge < -0.3 is 54.7 Å². The van der Waals surface area contributed by atoms with Gasteiger partial charge in [0.1, 0.15) is 42.7 Å². The summed E-state index contributed by atoms with van der Waals surface area (Å²) in [4.78, 5) is 0. The van der Waals surface area contributed by atoms with Crippen molar-refractivity contribution >= 4 is 0 Å². The summed E-state index contributed by atoms with van der Waals surface area (Å²) in [5.41, 5.74) is 0. The smallest absolute Gasteiger partial charge is 0.186 e. The molecule has 160 valence electrons. The largest absolute Gasteiger partial charge is 0.393 e. The van der Waals surface area contributed by atoms with Crippen LogP contribution in [0.2, 0.25) is 0 Å². The molecule has 11 unspecified atom stereocenters. The van der Waals surface area contributed by atoms with Crippen LogP contribution in [-0.4, -0.2) is 116 Å². The molecule has 2 rings (SSSR count).